The molecule has 0 N–H and O–H groups in total. The van der Waals surface area contributed by atoms with E-state index in [1.54, 1.807) is 0 Å². The molecule has 1 rings (SSSR count). The van der Waals surface area contributed by atoms with Gasteiger partial charge in [0.25, 0.3) is 0 Å². The maximum atomic E-state index is 12.3. The number of rotatable bonds is 3. The number of carbonyl (C=O) groups excluding carboxylic acids is 1. The molecule has 0 heterocycles. The molecule has 0 unspecified atom stereocenters. The Balaban J connectivity index is 2.69. The summed E-state index contributed by atoms with van der Waals surface area (Å²) in [5.74, 6) is -1.99. The van der Waals surface area contributed by atoms with Gasteiger partial charge in [0, 0.05) is 12.0 Å². The molecule has 16 heavy (non-hydrogen) atoms. The van der Waals surface area contributed by atoms with Crippen molar-refractivity contribution < 1.29 is 21.8 Å². The second-order valence-electron chi connectivity index (χ2n) is 3.86. The van der Waals surface area contributed by atoms with Crippen molar-refractivity contribution in [2.45, 2.75) is 38.3 Å². The summed E-state index contributed by atoms with van der Waals surface area (Å²) in [6, 6.07) is 0. The van der Waals surface area contributed by atoms with Crippen molar-refractivity contribution in [3.63, 3.8) is 0 Å². The molecule has 1 fully saturated rings. The van der Waals surface area contributed by atoms with Crippen LogP contribution >= 0.6 is 0 Å². The first-order chi connectivity index (χ1) is 7.45. The van der Waals surface area contributed by atoms with Crippen LogP contribution in [0.1, 0.15) is 32.1 Å². The molecule has 0 aromatic rings. The molecule has 1 aliphatic rings. The normalized spacial score (nSPS) is 19.6. The van der Waals surface area contributed by atoms with E-state index in [0.717, 1.165) is 19.3 Å². The molecule has 6 heteroatoms. The van der Waals surface area contributed by atoms with Crippen LogP contribution in [0.3, 0.4) is 0 Å². The Morgan fingerprint density at radius 1 is 1.25 bits per heavy atom. The van der Waals surface area contributed by atoms with Gasteiger partial charge in [-0.25, -0.2) is 0 Å². The molecule has 0 aromatic heterocycles. The van der Waals surface area contributed by atoms with Gasteiger partial charge < -0.3 is 3.79 Å². The van der Waals surface area contributed by atoms with Crippen LogP contribution in [-0.4, -0.2) is 28.6 Å². The molecule has 0 amide bonds. The van der Waals surface area contributed by atoms with Crippen molar-refractivity contribution in [1.82, 2.24) is 0 Å². The van der Waals surface area contributed by atoms with Gasteiger partial charge in [0.2, 0.25) is 0 Å². The molecule has 3 radical (unpaired) electrons. The molecule has 0 saturated heterocycles. The van der Waals surface area contributed by atoms with E-state index in [0.29, 0.717) is 18.9 Å². The predicted molar refractivity (Wildman–Crippen MR) is 52.6 cm³/mol. The van der Waals surface area contributed by atoms with Crippen molar-refractivity contribution in [3.05, 3.63) is 11.8 Å². The van der Waals surface area contributed by atoms with Crippen molar-refractivity contribution in [2.24, 2.45) is 5.92 Å². The van der Waals surface area contributed by atoms with E-state index in [1.807, 2.05) is 0 Å². The number of carbonyl (C=O) groups is 1. The monoisotopic (exact) mass is 248 g/mol. The molecule has 1 saturated carbocycles. The Morgan fingerprint density at radius 2 is 1.81 bits per heavy atom. The highest BCUT2D eigenvalue weighted by Crippen LogP contribution is 2.29. The lowest BCUT2D eigenvalue weighted by molar-refractivity contribution is -0.125. The Hall–Kier alpha value is -0.468. The summed E-state index contributed by atoms with van der Waals surface area (Å²) in [6.45, 7) is 0. The Kier molecular flexibility index (Phi) is 4.88. The second kappa shape index (κ2) is 5.74. The minimum absolute atomic E-state index is 0.272. The third kappa shape index (κ3) is 3.84. The molecule has 0 atom stereocenters. The van der Waals surface area contributed by atoms with E-state index >= 15 is 0 Å². The van der Waals surface area contributed by atoms with Gasteiger partial charge in [0.1, 0.15) is 5.76 Å². The zero-order valence-corrected chi connectivity index (χ0v) is 9.87. The molecule has 0 aromatic carbocycles. The number of hydrogen-bond acceptors (Lipinski definition) is 2. The Labute approximate surface area is 101 Å². The van der Waals surface area contributed by atoms with Crippen LogP contribution < -0.4 is 0 Å². The number of halogens is 3. The molecule has 0 aliphatic heterocycles. The van der Waals surface area contributed by atoms with Gasteiger partial charge in [0.15, 0.2) is 5.78 Å². The maximum absolute atomic E-state index is 12.3. The number of hydrogen-bond donors (Lipinski definition) is 0. The average molecular weight is 248 g/mol. The summed E-state index contributed by atoms with van der Waals surface area (Å²) >= 11 is 1.52. The lowest BCUT2D eigenvalue weighted by Crippen LogP contribution is -2.20. The van der Waals surface area contributed by atoms with E-state index in [9.17, 15) is 18.0 Å². The maximum Gasteiger partial charge on any atom is 0.442 e. The van der Waals surface area contributed by atoms with Gasteiger partial charge in [-0.1, -0.05) is 19.3 Å². The average Bonchev–Trinajstić information content (AvgIpc) is 2.25. The highest BCUT2D eigenvalue weighted by molar-refractivity contribution is 6.00. The SMILES string of the molecule is O=C(/C=C(\[O][Al-])C(F)(F)F)C1CCCCC1. The lowest BCUT2D eigenvalue weighted by atomic mass is 9.86. The molecular weight excluding hydrogens is 236 g/mol. The fraction of sp³-hybridized carbons (Fsp3) is 0.700. The smallest absolute Gasteiger partial charge is 0.442 e. The number of alkyl halides is 3. The molecular formula is C10H12AlF3O2-. The van der Waals surface area contributed by atoms with Crippen LogP contribution in [0.4, 0.5) is 13.2 Å². The summed E-state index contributed by atoms with van der Waals surface area (Å²) in [6.07, 6.45) is 0.199. The molecule has 89 valence electrons. The van der Waals surface area contributed by atoms with Crippen molar-refractivity contribution >= 4 is 22.4 Å². The van der Waals surface area contributed by atoms with Crippen LogP contribution in [-0.2, 0) is 8.58 Å². The summed E-state index contributed by atoms with van der Waals surface area (Å²) in [7, 11) is 0. The predicted octanol–water partition coefficient (Wildman–Crippen LogP) is 2.68. The minimum Gasteiger partial charge on any atom is -0.875 e. The fourth-order valence-electron chi connectivity index (χ4n) is 1.82. The summed E-state index contributed by atoms with van der Waals surface area (Å²) in [5.41, 5.74) is 0. The number of ketones is 1. The fourth-order valence-corrected chi connectivity index (χ4v) is 2.02. The Bertz CT molecular complexity index is 280. The van der Waals surface area contributed by atoms with Gasteiger partial charge in [-0.2, -0.15) is 13.2 Å². The third-order valence-corrected chi connectivity index (χ3v) is 2.94. The molecule has 1 aliphatic carbocycles. The molecule has 0 bridgehead atoms. The largest absolute Gasteiger partial charge is 0.875 e. The quantitative estimate of drug-likeness (QED) is 0.436. The van der Waals surface area contributed by atoms with Gasteiger partial charge >= 0.3 is 6.18 Å². The number of allylic oxidation sites excluding steroid dienone is 2. The van der Waals surface area contributed by atoms with Crippen molar-refractivity contribution in [2.75, 3.05) is 0 Å². The zero-order chi connectivity index (χ0) is 12.2. The summed E-state index contributed by atoms with van der Waals surface area (Å²) < 4.78 is 41.0. The van der Waals surface area contributed by atoms with Crippen LogP contribution in [0.5, 0.6) is 0 Å². The zero-order valence-electron chi connectivity index (χ0n) is 8.72. The van der Waals surface area contributed by atoms with E-state index in [1.165, 1.54) is 16.6 Å². The van der Waals surface area contributed by atoms with Crippen LogP contribution in [0.2, 0.25) is 0 Å². The van der Waals surface area contributed by atoms with Crippen LogP contribution in [0.25, 0.3) is 0 Å². The standard InChI is InChI=1S/C10H13F3O2.Al/c11-10(12,13)9(15)6-8(14)7-4-2-1-3-5-7;/h6-7,15H,1-5H2;/p-1/b9-6-;. The highest BCUT2D eigenvalue weighted by Gasteiger charge is 2.33. The first kappa shape index (κ1) is 13.6. The van der Waals surface area contributed by atoms with Crippen LogP contribution in [0, 0.1) is 5.92 Å². The summed E-state index contributed by atoms with van der Waals surface area (Å²) in [5, 5.41) is 0. The van der Waals surface area contributed by atoms with Gasteiger partial charge in [-0.15, -0.1) is 0 Å². The van der Waals surface area contributed by atoms with Crippen molar-refractivity contribution in [3.8, 4) is 0 Å². The van der Waals surface area contributed by atoms with Crippen LogP contribution in [0.15, 0.2) is 11.8 Å². The van der Waals surface area contributed by atoms with E-state index in [4.69, 9.17) is 0 Å². The van der Waals surface area contributed by atoms with Gasteiger partial charge in [0.05, 0.1) is 0 Å². The second-order valence-corrected chi connectivity index (χ2v) is 4.10. The Morgan fingerprint density at radius 3 is 2.25 bits per heavy atom. The molecule has 2 nitrogen and oxygen atoms in total. The minimum atomic E-state index is -4.61. The first-order valence-corrected chi connectivity index (χ1v) is 5.61. The summed E-state index contributed by atoms with van der Waals surface area (Å²) in [4.78, 5) is 11.5. The highest BCUT2D eigenvalue weighted by atomic mass is 27.1. The van der Waals surface area contributed by atoms with E-state index in [-0.39, 0.29) is 5.92 Å². The topological polar surface area (TPSA) is 26.3 Å². The van der Waals surface area contributed by atoms with Gasteiger partial charge in [-0.05, 0) is 12.8 Å². The molecule has 0 spiro atoms. The van der Waals surface area contributed by atoms with E-state index in [2.05, 4.69) is 3.79 Å². The lowest BCUT2D eigenvalue weighted by Gasteiger charge is -2.24. The van der Waals surface area contributed by atoms with E-state index < -0.39 is 17.7 Å². The van der Waals surface area contributed by atoms with Gasteiger partial charge in [-0.3, -0.25) is 21.4 Å². The first-order valence-electron chi connectivity index (χ1n) is 5.14. The third-order valence-electron chi connectivity index (χ3n) is 2.69. The van der Waals surface area contributed by atoms with Crippen molar-refractivity contribution in [1.29, 1.82) is 0 Å².